The van der Waals surface area contributed by atoms with Crippen LogP contribution in [0.4, 0.5) is 0 Å². The number of hydrogen-bond acceptors (Lipinski definition) is 1. The molecule has 1 nitrogen and oxygen atoms in total. The Morgan fingerprint density at radius 1 is 0.260 bits per heavy atom. The van der Waals surface area contributed by atoms with E-state index in [-0.39, 0.29) is 0 Å². The number of rotatable bonds is 4. The molecule has 1 aliphatic carbocycles. The highest BCUT2D eigenvalue weighted by Crippen LogP contribution is 2.62. The second kappa shape index (κ2) is 11.3. The summed E-state index contributed by atoms with van der Waals surface area (Å²) >= 11 is 0. The van der Waals surface area contributed by atoms with Crippen LogP contribution >= 0.6 is 0 Å². The lowest BCUT2D eigenvalue weighted by Gasteiger charge is -2.39. The van der Waals surface area contributed by atoms with E-state index in [1.54, 1.807) is 0 Å². The van der Waals surface area contributed by atoms with Gasteiger partial charge in [0.05, 0.1) is 5.41 Å². The van der Waals surface area contributed by atoms with Crippen molar-refractivity contribution in [1.29, 1.82) is 0 Å². The summed E-state index contributed by atoms with van der Waals surface area (Å²) in [6, 6.07) is 70.4. The van der Waals surface area contributed by atoms with E-state index in [0.717, 1.165) is 11.5 Å². The number of hydrogen-bond donors (Lipinski definition) is 0. The topological polar surface area (TPSA) is 9.23 Å². The van der Waals surface area contributed by atoms with Gasteiger partial charge in [0, 0.05) is 11.1 Å². The van der Waals surface area contributed by atoms with Gasteiger partial charge >= 0.3 is 0 Å². The number of fused-ring (bicyclic) bond motifs is 9. The van der Waals surface area contributed by atoms with Crippen molar-refractivity contribution in [1.82, 2.24) is 0 Å². The third-order valence-electron chi connectivity index (χ3n) is 10.6. The van der Waals surface area contributed by atoms with Crippen molar-refractivity contribution in [2.24, 2.45) is 0 Å². The summed E-state index contributed by atoms with van der Waals surface area (Å²) < 4.78 is 6.63. The number of benzene rings is 8. The largest absolute Gasteiger partial charge is 0.457 e. The Morgan fingerprint density at radius 2 is 0.580 bits per heavy atom. The van der Waals surface area contributed by atoms with Gasteiger partial charge in [0.2, 0.25) is 0 Å². The summed E-state index contributed by atoms with van der Waals surface area (Å²) in [5, 5.41) is 0. The Balaban J connectivity index is 1.17. The molecule has 0 fully saturated rings. The van der Waals surface area contributed by atoms with E-state index in [2.05, 4.69) is 194 Å². The lowest BCUT2D eigenvalue weighted by Crippen LogP contribution is -2.32. The summed E-state index contributed by atoms with van der Waals surface area (Å²) in [7, 11) is 0. The summed E-state index contributed by atoms with van der Waals surface area (Å²) in [4.78, 5) is 0. The smallest absolute Gasteiger partial charge is 0.132 e. The molecule has 0 saturated heterocycles. The molecule has 0 bridgehead atoms. The van der Waals surface area contributed by atoms with Crippen LogP contribution in [-0.2, 0) is 5.41 Å². The standard InChI is InChI=1S/C49H32O/c1-3-11-33(12-4-1)35-19-23-37(24-20-35)39-27-29-41-42-30-28-40(38-25-21-36(22-26-38)34-13-5-2-6-14-34)32-46(42)49(45(41)31-39)43-15-7-9-17-47(43)50-48-18-10-8-16-44(48)49/h1-32H. The number of para-hydroxylation sites is 2. The molecule has 1 spiro atoms. The molecule has 0 atom stereocenters. The van der Waals surface area contributed by atoms with Gasteiger partial charge in [-0.15, -0.1) is 0 Å². The van der Waals surface area contributed by atoms with Crippen molar-refractivity contribution >= 4 is 0 Å². The average Bonchev–Trinajstić information content (AvgIpc) is 3.48. The first-order chi connectivity index (χ1) is 24.8. The first-order valence-corrected chi connectivity index (χ1v) is 17.3. The van der Waals surface area contributed by atoms with Crippen LogP contribution in [-0.4, -0.2) is 0 Å². The Labute approximate surface area is 292 Å². The fourth-order valence-electron chi connectivity index (χ4n) is 8.23. The predicted molar refractivity (Wildman–Crippen MR) is 206 cm³/mol. The zero-order valence-corrected chi connectivity index (χ0v) is 27.4. The predicted octanol–water partition coefficient (Wildman–Crippen LogP) is 12.8. The Bertz CT molecular complexity index is 2350. The highest BCUT2D eigenvalue weighted by molar-refractivity contribution is 5.92. The zero-order valence-electron chi connectivity index (χ0n) is 27.4. The summed E-state index contributed by atoms with van der Waals surface area (Å²) in [6.07, 6.45) is 0. The first-order valence-electron chi connectivity index (χ1n) is 17.3. The molecule has 8 aromatic carbocycles. The Hall–Kier alpha value is -6.44. The van der Waals surface area contributed by atoms with Gasteiger partial charge in [0.15, 0.2) is 0 Å². The van der Waals surface area contributed by atoms with Crippen LogP contribution in [0.3, 0.4) is 0 Å². The monoisotopic (exact) mass is 636 g/mol. The third kappa shape index (κ3) is 4.34. The molecule has 0 N–H and O–H groups in total. The second-order valence-corrected chi connectivity index (χ2v) is 13.3. The van der Waals surface area contributed by atoms with E-state index >= 15 is 0 Å². The van der Waals surface area contributed by atoms with Crippen LogP contribution in [0.5, 0.6) is 11.5 Å². The summed E-state index contributed by atoms with van der Waals surface area (Å²) in [6.45, 7) is 0. The summed E-state index contributed by atoms with van der Waals surface area (Å²) in [5.41, 5.74) is 16.6. The van der Waals surface area contributed by atoms with Gasteiger partial charge in [-0.25, -0.2) is 0 Å². The molecule has 2 aliphatic rings. The van der Waals surface area contributed by atoms with Gasteiger partial charge in [-0.3, -0.25) is 0 Å². The van der Waals surface area contributed by atoms with Crippen molar-refractivity contribution in [2.45, 2.75) is 5.41 Å². The van der Waals surface area contributed by atoms with Crippen molar-refractivity contribution < 1.29 is 4.74 Å². The van der Waals surface area contributed by atoms with Crippen molar-refractivity contribution in [2.75, 3.05) is 0 Å². The molecule has 234 valence electrons. The van der Waals surface area contributed by atoms with Gasteiger partial charge < -0.3 is 4.74 Å². The van der Waals surface area contributed by atoms with E-state index in [9.17, 15) is 0 Å². The van der Waals surface area contributed by atoms with E-state index in [4.69, 9.17) is 4.74 Å². The fourth-order valence-corrected chi connectivity index (χ4v) is 8.23. The highest BCUT2D eigenvalue weighted by Gasteiger charge is 2.51. The minimum Gasteiger partial charge on any atom is -0.457 e. The van der Waals surface area contributed by atoms with E-state index < -0.39 is 5.41 Å². The molecule has 10 rings (SSSR count). The van der Waals surface area contributed by atoms with Crippen LogP contribution in [0, 0.1) is 0 Å². The lowest BCUT2D eigenvalue weighted by atomic mass is 9.65. The van der Waals surface area contributed by atoms with Gasteiger partial charge in [-0.2, -0.15) is 0 Å². The van der Waals surface area contributed by atoms with Gasteiger partial charge in [0.1, 0.15) is 11.5 Å². The van der Waals surface area contributed by atoms with Crippen LogP contribution in [0.2, 0.25) is 0 Å². The molecule has 0 saturated carbocycles. The molecule has 0 radical (unpaired) electrons. The third-order valence-corrected chi connectivity index (χ3v) is 10.6. The molecule has 0 aromatic heterocycles. The maximum atomic E-state index is 6.63. The van der Waals surface area contributed by atoms with Gasteiger partial charge in [0.25, 0.3) is 0 Å². The lowest BCUT2D eigenvalue weighted by molar-refractivity contribution is 0.436. The molecule has 50 heavy (non-hydrogen) atoms. The van der Waals surface area contributed by atoms with Crippen LogP contribution in [0.15, 0.2) is 194 Å². The second-order valence-electron chi connectivity index (χ2n) is 13.3. The highest BCUT2D eigenvalue weighted by atomic mass is 16.5. The fraction of sp³-hybridized carbons (Fsp3) is 0.0204. The molecule has 1 heterocycles. The molecule has 0 amide bonds. The average molecular weight is 637 g/mol. The molecule has 1 heteroatoms. The Morgan fingerprint density at radius 3 is 1.00 bits per heavy atom. The van der Waals surface area contributed by atoms with Crippen molar-refractivity contribution in [3.63, 3.8) is 0 Å². The van der Waals surface area contributed by atoms with E-state index in [1.807, 2.05) is 0 Å². The van der Waals surface area contributed by atoms with Crippen molar-refractivity contribution in [3.05, 3.63) is 216 Å². The Kier molecular flexibility index (Phi) is 6.47. The zero-order chi connectivity index (χ0) is 33.1. The maximum absolute atomic E-state index is 6.63. The maximum Gasteiger partial charge on any atom is 0.132 e. The van der Waals surface area contributed by atoms with Gasteiger partial charge in [-0.1, -0.05) is 170 Å². The molecule has 8 aromatic rings. The van der Waals surface area contributed by atoms with Crippen LogP contribution in [0.25, 0.3) is 55.6 Å². The molecular formula is C49H32O. The summed E-state index contributed by atoms with van der Waals surface area (Å²) in [5.74, 6) is 1.81. The first kappa shape index (κ1) is 28.6. The van der Waals surface area contributed by atoms with Crippen LogP contribution in [0.1, 0.15) is 22.3 Å². The molecular weight excluding hydrogens is 605 g/mol. The van der Waals surface area contributed by atoms with E-state index in [0.29, 0.717) is 0 Å². The SMILES string of the molecule is c1ccc(-c2ccc(-c3ccc4c(c3)C3(c5ccccc5Oc5ccccc53)c3cc(-c5ccc(-c6ccccc6)cc5)ccc3-4)cc2)cc1. The molecule has 0 unspecified atom stereocenters. The van der Waals surface area contributed by atoms with E-state index in [1.165, 1.54) is 77.9 Å². The van der Waals surface area contributed by atoms with Gasteiger partial charge in [-0.05, 0) is 91.0 Å². The van der Waals surface area contributed by atoms with Crippen LogP contribution < -0.4 is 4.74 Å². The molecule has 1 aliphatic heterocycles. The minimum atomic E-state index is -0.546. The van der Waals surface area contributed by atoms with Crippen molar-refractivity contribution in [3.8, 4) is 67.1 Å². The quantitative estimate of drug-likeness (QED) is 0.187. The normalized spacial score (nSPS) is 13.1. The minimum absolute atomic E-state index is 0.546. The number of ether oxygens (including phenoxy) is 1.